The molecule has 0 bridgehead atoms. The topological polar surface area (TPSA) is 61.4 Å². The number of rotatable bonds is 7. The Morgan fingerprint density at radius 3 is 2.76 bits per heavy atom. The van der Waals surface area contributed by atoms with Crippen LogP contribution in [0.1, 0.15) is 39.5 Å². The summed E-state index contributed by atoms with van der Waals surface area (Å²) in [6.07, 6.45) is 4.46. The Balaban J connectivity index is 2.22. The fourth-order valence-electron chi connectivity index (χ4n) is 2.44. The van der Waals surface area contributed by atoms with Gasteiger partial charge in [0.25, 0.3) is 0 Å². The Labute approximate surface area is 104 Å². The first kappa shape index (κ1) is 14.5. The molecule has 3 atom stereocenters. The summed E-state index contributed by atoms with van der Waals surface area (Å²) in [6.45, 7) is 5.80. The van der Waals surface area contributed by atoms with E-state index in [1.165, 1.54) is 12.8 Å². The second-order valence-corrected chi connectivity index (χ2v) is 5.05. The summed E-state index contributed by atoms with van der Waals surface area (Å²) < 4.78 is 0. The standard InChI is InChI=1S/C13H26N2O2/c1-3-7-14-13(17)10(2)15-8-11-5-4-6-12(11)9-16/h10-12,15-16H,3-9H2,1-2H3,(H,14,17). The van der Waals surface area contributed by atoms with Crippen LogP contribution in [0, 0.1) is 11.8 Å². The molecule has 0 radical (unpaired) electrons. The fourth-order valence-corrected chi connectivity index (χ4v) is 2.44. The van der Waals surface area contributed by atoms with Gasteiger partial charge in [0.1, 0.15) is 0 Å². The average molecular weight is 242 g/mol. The van der Waals surface area contributed by atoms with Crippen molar-refractivity contribution in [3.63, 3.8) is 0 Å². The molecule has 0 aromatic heterocycles. The van der Waals surface area contributed by atoms with Gasteiger partial charge < -0.3 is 15.7 Å². The average Bonchev–Trinajstić information content (AvgIpc) is 2.80. The zero-order valence-electron chi connectivity index (χ0n) is 11.0. The molecule has 1 rings (SSSR count). The summed E-state index contributed by atoms with van der Waals surface area (Å²) in [5.74, 6) is 1.03. The van der Waals surface area contributed by atoms with Crippen LogP contribution in [-0.2, 0) is 4.79 Å². The molecule has 0 spiro atoms. The third-order valence-electron chi connectivity index (χ3n) is 3.68. The van der Waals surface area contributed by atoms with Crippen molar-refractivity contribution >= 4 is 5.91 Å². The minimum absolute atomic E-state index is 0.0744. The summed E-state index contributed by atoms with van der Waals surface area (Å²) in [5.41, 5.74) is 0. The zero-order chi connectivity index (χ0) is 12.7. The lowest BCUT2D eigenvalue weighted by atomic mass is 9.97. The number of hydrogen-bond donors (Lipinski definition) is 3. The van der Waals surface area contributed by atoms with E-state index in [4.69, 9.17) is 0 Å². The van der Waals surface area contributed by atoms with Gasteiger partial charge in [-0.15, -0.1) is 0 Å². The quantitative estimate of drug-likeness (QED) is 0.621. The summed E-state index contributed by atoms with van der Waals surface area (Å²) in [7, 11) is 0. The first-order valence-corrected chi connectivity index (χ1v) is 6.81. The second-order valence-electron chi connectivity index (χ2n) is 5.05. The molecule has 1 fully saturated rings. The van der Waals surface area contributed by atoms with E-state index in [1.54, 1.807) is 0 Å². The van der Waals surface area contributed by atoms with Crippen LogP contribution in [0.3, 0.4) is 0 Å². The summed E-state index contributed by atoms with van der Waals surface area (Å²) in [5, 5.41) is 15.4. The molecule has 1 saturated carbocycles. The van der Waals surface area contributed by atoms with E-state index >= 15 is 0 Å². The lowest BCUT2D eigenvalue weighted by Gasteiger charge is -2.20. The highest BCUT2D eigenvalue weighted by Crippen LogP contribution is 2.30. The number of carbonyl (C=O) groups is 1. The van der Waals surface area contributed by atoms with E-state index in [9.17, 15) is 9.90 Å². The van der Waals surface area contributed by atoms with Crippen LogP contribution < -0.4 is 10.6 Å². The largest absolute Gasteiger partial charge is 0.396 e. The minimum atomic E-state index is -0.138. The van der Waals surface area contributed by atoms with Crippen molar-refractivity contribution in [2.24, 2.45) is 11.8 Å². The molecule has 4 heteroatoms. The van der Waals surface area contributed by atoms with Gasteiger partial charge in [0, 0.05) is 13.2 Å². The van der Waals surface area contributed by atoms with Gasteiger partial charge in [0.15, 0.2) is 0 Å². The van der Waals surface area contributed by atoms with Crippen LogP contribution >= 0.6 is 0 Å². The fraction of sp³-hybridized carbons (Fsp3) is 0.923. The van der Waals surface area contributed by atoms with Crippen LogP contribution in [-0.4, -0.2) is 36.8 Å². The lowest BCUT2D eigenvalue weighted by Crippen LogP contribution is -2.44. The van der Waals surface area contributed by atoms with Gasteiger partial charge in [-0.05, 0) is 44.6 Å². The Morgan fingerprint density at radius 1 is 1.41 bits per heavy atom. The van der Waals surface area contributed by atoms with Crippen molar-refractivity contribution in [2.75, 3.05) is 19.7 Å². The van der Waals surface area contributed by atoms with Gasteiger partial charge in [-0.3, -0.25) is 4.79 Å². The number of aliphatic hydroxyl groups excluding tert-OH is 1. The third kappa shape index (κ3) is 4.64. The van der Waals surface area contributed by atoms with Crippen molar-refractivity contribution in [1.82, 2.24) is 10.6 Å². The Hall–Kier alpha value is -0.610. The molecule has 0 aromatic rings. The van der Waals surface area contributed by atoms with E-state index in [2.05, 4.69) is 10.6 Å². The van der Waals surface area contributed by atoms with Crippen molar-refractivity contribution in [2.45, 2.75) is 45.6 Å². The van der Waals surface area contributed by atoms with Gasteiger partial charge >= 0.3 is 0 Å². The van der Waals surface area contributed by atoms with Crippen LogP contribution in [0.4, 0.5) is 0 Å². The Bertz CT molecular complexity index is 233. The van der Waals surface area contributed by atoms with Crippen LogP contribution in [0.5, 0.6) is 0 Å². The number of amides is 1. The smallest absolute Gasteiger partial charge is 0.236 e. The molecule has 100 valence electrons. The van der Waals surface area contributed by atoms with E-state index < -0.39 is 0 Å². The Kier molecular flexibility index (Phi) is 6.52. The second kappa shape index (κ2) is 7.67. The normalized spacial score (nSPS) is 25.8. The van der Waals surface area contributed by atoms with E-state index in [0.717, 1.165) is 25.9 Å². The predicted molar refractivity (Wildman–Crippen MR) is 68.7 cm³/mol. The van der Waals surface area contributed by atoms with Gasteiger partial charge in [-0.1, -0.05) is 13.3 Å². The van der Waals surface area contributed by atoms with Crippen molar-refractivity contribution in [1.29, 1.82) is 0 Å². The molecule has 0 saturated heterocycles. The molecule has 0 heterocycles. The van der Waals surface area contributed by atoms with Gasteiger partial charge in [-0.2, -0.15) is 0 Å². The van der Waals surface area contributed by atoms with Crippen LogP contribution in [0.25, 0.3) is 0 Å². The molecule has 3 N–H and O–H groups in total. The van der Waals surface area contributed by atoms with Gasteiger partial charge in [-0.25, -0.2) is 0 Å². The number of hydrogen-bond acceptors (Lipinski definition) is 3. The molecule has 17 heavy (non-hydrogen) atoms. The number of aliphatic hydroxyl groups is 1. The molecule has 4 nitrogen and oxygen atoms in total. The number of carbonyl (C=O) groups excluding carboxylic acids is 1. The highest BCUT2D eigenvalue weighted by atomic mass is 16.3. The molecule has 3 unspecified atom stereocenters. The van der Waals surface area contributed by atoms with Crippen molar-refractivity contribution < 1.29 is 9.90 Å². The van der Waals surface area contributed by atoms with Crippen molar-refractivity contribution in [3.8, 4) is 0 Å². The van der Waals surface area contributed by atoms with Gasteiger partial charge in [0.05, 0.1) is 6.04 Å². The molecular formula is C13H26N2O2. The predicted octanol–water partition coefficient (Wildman–Crippen LogP) is 0.899. The highest BCUT2D eigenvalue weighted by molar-refractivity contribution is 5.81. The summed E-state index contributed by atoms with van der Waals surface area (Å²) >= 11 is 0. The van der Waals surface area contributed by atoms with Crippen LogP contribution in [0.2, 0.25) is 0 Å². The van der Waals surface area contributed by atoms with E-state index in [-0.39, 0.29) is 18.6 Å². The zero-order valence-corrected chi connectivity index (χ0v) is 11.0. The maximum atomic E-state index is 11.6. The van der Waals surface area contributed by atoms with E-state index in [1.807, 2.05) is 13.8 Å². The minimum Gasteiger partial charge on any atom is -0.396 e. The molecule has 1 amide bonds. The summed E-state index contributed by atoms with van der Waals surface area (Å²) in [4.78, 5) is 11.6. The Morgan fingerprint density at radius 2 is 2.12 bits per heavy atom. The van der Waals surface area contributed by atoms with Gasteiger partial charge in [0.2, 0.25) is 5.91 Å². The molecule has 0 aliphatic heterocycles. The lowest BCUT2D eigenvalue weighted by molar-refractivity contribution is -0.122. The van der Waals surface area contributed by atoms with Crippen molar-refractivity contribution in [3.05, 3.63) is 0 Å². The summed E-state index contributed by atoms with van der Waals surface area (Å²) in [6, 6.07) is -0.138. The molecule has 0 aromatic carbocycles. The van der Waals surface area contributed by atoms with Crippen LogP contribution in [0.15, 0.2) is 0 Å². The maximum Gasteiger partial charge on any atom is 0.236 e. The first-order chi connectivity index (χ1) is 8.19. The first-order valence-electron chi connectivity index (χ1n) is 6.81. The monoisotopic (exact) mass is 242 g/mol. The highest BCUT2D eigenvalue weighted by Gasteiger charge is 2.27. The van der Waals surface area contributed by atoms with E-state index in [0.29, 0.717) is 11.8 Å². The third-order valence-corrected chi connectivity index (χ3v) is 3.68. The maximum absolute atomic E-state index is 11.6. The molecule has 1 aliphatic carbocycles. The molecular weight excluding hydrogens is 216 g/mol. The number of nitrogens with one attached hydrogen (secondary N) is 2. The molecule has 1 aliphatic rings. The SMILES string of the molecule is CCCNC(=O)C(C)NCC1CCCC1CO.